The van der Waals surface area contributed by atoms with Crippen molar-refractivity contribution < 1.29 is 19.0 Å². The molecular formula is C14H24O4. The monoisotopic (exact) mass is 256 g/mol. The molecule has 0 amide bonds. The Morgan fingerprint density at radius 3 is 2.56 bits per heavy atom. The molecule has 1 rings (SSSR count). The molecule has 0 bridgehead atoms. The lowest BCUT2D eigenvalue weighted by Crippen LogP contribution is -2.40. The first-order chi connectivity index (χ1) is 8.36. The number of hydrogen-bond donors (Lipinski definition) is 0. The summed E-state index contributed by atoms with van der Waals surface area (Å²) in [5.41, 5.74) is 0.375. The highest BCUT2D eigenvalue weighted by Crippen LogP contribution is 2.38. The maximum atomic E-state index is 11.7. The molecule has 1 heterocycles. The highest BCUT2D eigenvalue weighted by atomic mass is 16.8. The van der Waals surface area contributed by atoms with Crippen molar-refractivity contribution >= 4 is 5.97 Å². The zero-order chi connectivity index (χ0) is 13.8. The van der Waals surface area contributed by atoms with Gasteiger partial charge >= 0.3 is 5.97 Å². The molecule has 0 radical (unpaired) electrons. The largest absolute Gasteiger partial charge is 0.427 e. The zero-order valence-electron chi connectivity index (χ0n) is 11.9. The first kappa shape index (κ1) is 15.2. The second kappa shape index (κ2) is 5.85. The summed E-state index contributed by atoms with van der Waals surface area (Å²) in [7, 11) is 0. The van der Waals surface area contributed by atoms with Crippen molar-refractivity contribution in [2.75, 3.05) is 6.61 Å². The Hall–Kier alpha value is -0.870. The van der Waals surface area contributed by atoms with E-state index in [1.165, 1.54) is 0 Å². The summed E-state index contributed by atoms with van der Waals surface area (Å²) in [5, 5.41) is 0. The quantitative estimate of drug-likeness (QED) is 0.541. The van der Waals surface area contributed by atoms with Gasteiger partial charge in [0.25, 0.3) is 0 Å². The summed E-state index contributed by atoms with van der Waals surface area (Å²) < 4.78 is 17.0. The zero-order valence-corrected chi connectivity index (χ0v) is 11.9. The van der Waals surface area contributed by atoms with E-state index >= 15 is 0 Å². The van der Waals surface area contributed by atoms with Gasteiger partial charge in [0.2, 0.25) is 5.79 Å². The topological polar surface area (TPSA) is 44.8 Å². The number of esters is 1. The van der Waals surface area contributed by atoms with E-state index in [-0.39, 0.29) is 6.61 Å². The van der Waals surface area contributed by atoms with Crippen molar-refractivity contribution in [2.24, 2.45) is 0 Å². The fourth-order valence-corrected chi connectivity index (χ4v) is 1.82. The van der Waals surface area contributed by atoms with Crippen molar-refractivity contribution in [3.8, 4) is 0 Å². The van der Waals surface area contributed by atoms with Crippen LogP contribution in [0.2, 0.25) is 0 Å². The highest BCUT2D eigenvalue weighted by Gasteiger charge is 2.49. The van der Waals surface area contributed by atoms with Gasteiger partial charge in [0.15, 0.2) is 5.79 Å². The van der Waals surface area contributed by atoms with Gasteiger partial charge in [-0.3, -0.25) is 0 Å². The van der Waals surface area contributed by atoms with E-state index < -0.39 is 17.5 Å². The lowest BCUT2D eigenvalue weighted by atomic mass is 10.1. The van der Waals surface area contributed by atoms with E-state index in [2.05, 4.69) is 13.5 Å². The third kappa shape index (κ3) is 3.56. The minimum absolute atomic E-state index is 0.288. The molecule has 18 heavy (non-hydrogen) atoms. The van der Waals surface area contributed by atoms with Crippen molar-refractivity contribution in [3.63, 3.8) is 0 Å². The molecule has 1 aliphatic rings. The molecule has 1 aliphatic heterocycles. The Labute approximate surface area is 109 Å². The van der Waals surface area contributed by atoms with E-state index in [1.54, 1.807) is 6.92 Å². The number of ether oxygens (including phenoxy) is 3. The lowest BCUT2D eigenvalue weighted by Gasteiger charge is -2.29. The third-order valence-corrected chi connectivity index (χ3v) is 3.18. The smallest absolute Gasteiger partial charge is 0.335 e. The Bertz CT molecular complexity index is 322. The van der Waals surface area contributed by atoms with Gasteiger partial charge in [-0.25, -0.2) is 4.79 Å². The standard InChI is InChI=1S/C14H24O4/c1-6-8-9-14(17-12(15)11(3)4)10-16-13(5,7-2)18-14/h3,6-10H2,1-2,4-5H3. The Morgan fingerprint density at radius 2 is 2.11 bits per heavy atom. The summed E-state index contributed by atoms with van der Waals surface area (Å²) in [6.07, 6.45) is 3.30. The number of rotatable bonds is 6. The summed E-state index contributed by atoms with van der Waals surface area (Å²) in [5.74, 6) is -2.03. The first-order valence-corrected chi connectivity index (χ1v) is 6.59. The van der Waals surface area contributed by atoms with Crippen LogP contribution in [-0.4, -0.2) is 24.2 Å². The maximum Gasteiger partial charge on any atom is 0.335 e. The van der Waals surface area contributed by atoms with Crippen LogP contribution in [0.25, 0.3) is 0 Å². The molecule has 0 saturated carbocycles. The predicted molar refractivity (Wildman–Crippen MR) is 68.9 cm³/mol. The molecule has 1 saturated heterocycles. The minimum Gasteiger partial charge on any atom is -0.427 e. The van der Waals surface area contributed by atoms with Crippen LogP contribution in [0.3, 0.4) is 0 Å². The third-order valence-electron chi connectivity index (χ3n) is 3.18. The van der Waals surface area contributed by atoms with Gasteiger partial charge in [0.1, 0.15) is 6.61 Å². The predicted octanol–water partition coefficient (Wildman–Crippen LogP) is 3.17. The Morgan fingerprint density at radius 1 is 1.44 bits per heavy atom. The van der Waals surface area contributed by atoms with Crippen LogP contribution >= 0.6 is 0 Å². The average molecular weight is 256 g/mol. The fraction of sp³-hybridized carbons (Fsp3) is 0.786. The van der Waals surface area contributed by atoms with Gasteiger partial charge in [-0.15, -0.1) is 0 Å². The van der Waals surface area contributed by atoms with Crippen LogP contribution in [0.15, 0.2) is 12.2 Å². The summed E-state index contributed by atoms with van der Waals surface area (Å²) in [4.78, 5) is 11.7. The van der Waals surface area contributed by atoms with Crippen LogP contribution in [0.5, 0.6) is 0 Å². The maximum absolute atomic E-state index is 11.7. The van der Waals surface area contributed by atoms with Gasteiger partial charge in [0, 0.05) is 12.0 Å². The van der Waals surface area contributed by atoms with Gasteiger partial charge in [-0.2, -0.15) is 0 Å². The van der Waals surface area contributed by atoms with Crippen LogP contribution in [0.1, 0.15) is 53.4 Å². The van der Waals surface area contributed by atoms with Crippen LogP contribution in [0, 0.1) is 0 Å². The second-order valence-electron chi connectivity index (χ2n) is 5.06. The second-order valence-corrected chi connectivity index (χ2v) is 5.06. The molecule has 2 unspecified atom stereocenters. The van der Waals surface area contributed by atoms with E-state index in [4.69, 9.17) is 14.2 Å². The first-order valence-electron chi connectivity index (χ1n) is 6.59. The molecule has 104 valence electrons. The molecular weight excluding hydrogens is 232 g/mol. The summed E-state index contributed by atoms with van der Waals surface area (Å²) in [6, 6.07) is 0. The number of carbonyl (C=O) groups is 1. The molecule has 0 N–H and O–H groups in total. The number of hydrogen-bond acceptors (Lipinski definition) is 4. The van der Waals surface area contributed by atoms with E-state index in [1.807, 2.05) is 13.8 Å². The minimum atomic E-state index is -0.948. The lowest BCUT2D eigenvalue weighted by molar-refractivity contribution is -0.252. The molecule has 0 aromatic carbocycles. The molecule has 0 aromatic heterocycles. The van der Waals surface area contributed by atoms with Gasteiger partial charge < -0.3 is 14.2 Å². The normalized spacial score (nSPS) is 31.3. The Balaban J connectivity index is 2.78. The van der Waals surface area contributed by atoms with E-state index in [9.17, 15) is 4.79 Å². The van der Waals surface area contributed by atoms with Gasteiger partial charge in [-0.05, 0) is 26.7 Å². The van der Waals surface area contributed by atoms with Gasteiger partial charge in [0.05, 0.1) is 0 Å². The van der Waals surface area contributed by atoms with Crippen LogP contribution < -0.4 is 0 Å². The van der Waals surface area contributed by atoms with Crippen molar-refractivity contribution in [2.45, 2.75) is 65.0 Å². The Kier molecular flexibility index (Phi) is 4.93. The van der Waals surface area contributed by atoms with Crippen molar-refractivity contribution in [1.82, 2.24) is 0 Å². The van der Waals surface area contributed by atoms with Crippen molar-refractivity contribution in [1.29, 1.82) is 0 Å². The highest BCUT2D eigenvalue weighted by molar-refractivity contribution is 5.87. The molecule has 4 heteroatoms. The summed E-state index contributed by atoms with van der Waals surface area (Å²) in [6.45, 7) is 11.5. The fourth-order valence-electron chi connectivity index (χ4n) is 1.82. The molecule has 0 aliphatic carbocycles. The van der Waals surface area contributed by atoms with Crippen LogP contribution in [0.4, 0.5) is 0 Å². The number of carbonyl (C=O) groups excluding carboxylic acids is 1. The van der Waals surface area contributed by atoms with E-state index in [0.717, 1.165) is 12.8 Å². The molecule has 1 fully saturated rings. The molecule has 4 nitrogen and oxygen atoms in total. The molecule has 2 atom stereocenters. The molecule has 0 spiro atoms. The van der Waals surface area contributed by atoms with E-state index in [0.29, 0.717) is 18.4 Å². The molecule has 0 aromatic rings. The van der Waals surface area contributed by atoms with Crippen molar-refractivity contribution in [3.05, 3.63) is 12.2 Å². The average Bonchev–Trinajstić information content (AvgIpc) is 2.66. The number of unbranched alkanes of at least 4 members (excludes halogenated alkanes) is 1. The van der Waals surface area contributed by atoms with Gasteiger partial charge in [-0.1, -0.05) is 26.8 Å². The summed E-state index contributed by atoms with van der Waals surface area (Å²) >= 11 is 0. The SMILES string of the molecule is C=C(C)C(=O)OC1(CCCC)COC(C)(CC)O1. The van der Waals surface area contributed by atoms with Crippen LogP contribution in [-0.2, 0) is 19.0 Å².